The molecule has 1 aromatic rings. The maximum atomic E-state index is 11.8. The normalized spacial score (nSPS) is 10.6. The Morgan fingerprint density at radius 3 is 2.48 bits per heavy atom. The molecule has 0 aromatic heterocycles. The average molecular weight is 344 g/mol. The van der Waals surface area contributed by atoms with Gasteiger partial charge in [-0.25, -0.2) is 0 Å². The molecular weight excluding hydrogens is 318 g/mol. The van der Waals surface area contributed by atoms with Gasteiger partial charge in [-0.3, -0.25) is 9.59 Å². The summed E-state index contributed by atoms with van der Waals surface area (Å²) in [6.45, 7) is 4.69. The van der Waals surface area contributed by atoms with Crippen molar-refractivity contribution < 1.29 is 14.3 Å². The van der Waals surface area contributed by atoms with Crippen LogP contribution in [0.15, 0.2) is 24.3 Å². The zero-order valence-corrected chi connectivity index (χ0v) is 14.4. The van der Waals surface area contributed by atoms with E-state index in [2.05, 4.69) is 5.32 Å². The summed E-state index contributed by atoms with van der Waals surface area (Å²) < 4.78 is 5.45. The summed E-state index contributed by atoms with van der Waals surface area (Å²) in [5.41, 5.74) is 11.3. The number of nitrogens with one attached hydrogen (secondary N) is 1. The molecule has 0 aliphatic heterocycles. The van der Waals surface area contributed by atoms with Gasteiger partial charge in [0.05, 0.1) is 13.0 Å². The summed E-state index contributed by atoms with van der Waals surface area (Å²) in [7, 11) is 0. The van der Waals surface area contributed by atoms with Crippen molar-refractivity contribution >= 4 is 24.2 Å². The van der Waals surface area contributed by atoms with Crippen molar-refractivity contribution in [3.63, 3.8) is 0 Å². The zero-order valence-electron chi connectivity index (χ0n) is 13.6. The largest absolute Gasteiger partial charge is 0.493 e. The summed E-state index contributed by atoms with van der Waals surface area (Å²) in [6.07, 6.45) is 1.84. The molecular formula is C16H26ClN3O3. The molecule has 0 saturated carbocycles. The number of nitrogens with two attached hydrogens (primary N) is 2. The van der Waals surface area contributed by atoms with Gasteiger partial charge in [0, 0.05) is 17.6 Å². The van der Waals surface area contributed by atoms with Crippen LogP contribution >= 0.6 is 12.4 Å². The Bertz CT molecular complexity index is 519. The van der Waals surface area contributed by atoms with Gasteiger partial charge in [0.1, 0.15) is 5.75 Å². The smallest absolute Gasteiger partial charge is 0.248 e. The van der Waals surface area contributed by atoms with Gasteiger partial charge in [-0.05, 0) is 31.0 Å². The second-order valence-corrected chi connectivity index (χ2v) is 5.34. The second-order valence-electron chi connectivity index (χ2n) is 5.34. The van der Waals surface area contributed by atoms with E-state index >= 15 is 0 Å². The first-order valence-electron chi connectivity index (χ1n) is 7.48. The molecule has 0 bridgehead atoms. The standard InChI is InChI=1S/C16H25N3O3.ClH/c1-3-16(18,4-2)11-19-14(20)8-9-22-13-7-5-6-12(10-13)15(17)21;/h5-7,10H,3-4,8-9,11,18H2,1-2H3,(H2,17,21)(H,19,20);1H. The highest BCUT2D eigenvalue weighted by Gasteiger charge is 2.20. The highest BCUT2D eigenvalue weighted by atomic mass is 35.5. The number of carbonyl (C=O) groups is 2. The minimum Gasteiger partial charge on any atom is -0.493 e. The molecule has 0 aliphatic rings. The third kappa shape index (κ3) is 7.34. The number of primary amides is 1. The van der Waals surface area contributed by atoms with Gasteiger partial charge in [0.2, 0.25) is 11.8 Å². The minimum absolute atomic E-state index is 0. The summed E-state index contributed by atoms with van der Waals surface area (Å²) in [6, 6.07) is 6.56. The number of ether oxygens (including phenoxy) is 1. The molecule has 0 radical (unpaired) electrons. The first kappa shape index (κ1) is 21.2. The average Bonchev–Trinajstić information content (AvgIpc) is 2.53. The molecule has 2 amide bonds. The maximum Gasteiger partial charge on any atom is 0.248 e. The molecule has 0 spiro atoms. The van der Waals surface area contributed by atoms with Gasteiger partial charge in [0.25, 0.3) is 0 Å². The molecule has 0 aliphatic carbocycles. The van der Waals surface area contributed by atoms with E-state index in [0.29, 0.717) is 17.9 Å². The summed E-state index contributed by atoms with van der Waals surface area (Å²) >= 11 is 0. The highest BCUT2D eigenvalue weighted by molar-refractivity contribution is 5.93. The van der Waals surface area contributed by atoms with Crippen molar-refractivity contribution in [2.45, 2.75) is 38.6 Å². The third-order valence-corrected chi connectivity index (χ3v) is 3.76. The van der Waals surface area contributed by atoms with Crippen LogP contribution in [-0.4, -0.2) is 30.5 Å². The number of rotatable bonds is 9. The maximum absolute atomic E-state index is 11.8. The molecule has 130 valence electrons. The zero-order chi connectivity index (χ0) is 16.6. The monoisotopic (exact) mass is 343 g/mol. The van der Waals surface area contributed by atoms with Crippen molar-refractivity contribution in [1.82, 2.24) is 5.32 Å². The first-order valence-corrected chi connectivity index (χ1v) is 7.48. The second kappa shape index (κ2) is 10.1. The number of halogens is 1. The van der Waals surface area contributed by atoms with E-state index in [4.69, 9.17) is 16.2 Å². The number of amides is 2. The van der Waals surface area contributed by atoms with Crippen molar-refractivity contribution in [2.75, 3.05) is 13.2 Å². The Hall–Kier alpha value is -1.79. The summed E-state index contributed by atoms with van der Waals surface area (Å²) in [4.78, 5) is 22.8. The van der Waals surface area contributed by atoms with Crippen LogP contribution in [0.1, 0.15) is 43.5 Å². The molecule has 7 heteroatoms. The number of benzene rings is 1. The van der Waals surface area contributed by atoms with Crippen LogP contribution in [0.2, 0.25) is 0 Å². The lowest BCUT2D eigenvalue weighted by Crippen LogP contribution is -2.49. The molecule has 0 atom stereocenters. The van der Waals surface area contributed by atoms with Crippen LogP contribution in [-0.2, 0) is 4.79 Å². The van der Waals surface area contributed by atoms with Crippen LogP contribution in [0.3, 0.4) is 0 Å². The van der Waals surface area contributed by atoms with E-state index in [1.165, 1.54) is 0 Å². The molecule has 0 saturated heterocycles. The minimum atomic E-state index is -0.512. The van der Waals surface area contributed by atoms with Gasteiger partial charge in [-0.2, -0.15) is 0 Å². The highest BCUT2D eigenvalue weighted by Crippen LogP contribution is 2.13. The fraction of sp³-hybridized carbons (Fsp3) is 0.500. The van der Waals surface area contributed by atoms with Crippen LogP contribution in [0, 0.1) is 0 Å². The predicted molar refractivity (Wildman–Crippen MR) is 92.8 cm³/mol. The SMILES string of the molecule is CCC(N)(CC)CNC(=O)CCOc1cccc(C(N)=O)c1.Cl. The lowest BCUT2D eigenvalue weighted by Gasteiger charge is -2.26. The van der Waals surface area contributed by atoms with E-state index in [1.807, 2.05) is 13.8 Å². The lowest BCUT2D eigenvalue weighted by molar-refractivity contribution is -0.121. The molecule has 0 heterocycles. The van der Waals surface area contributed by atoms with Crippen LogP contribution < -0.4 is 21.5 Å². The van der Waals surface area contributed by atoms with Crippen molar-refractivity contribution in [3.05, 3.63) is 29.8 Å². The fourth-order valence-corrected chi connectivity index (χ4v) is 1.86. The molecule has 0 fully saturated rings. The van der Waals surface area contributed by atoms with E-state index in [1.54, 1.807) is 24.3 Å². The molecule has 1 rings (SSSR count). The van der Waals surface area contributed by atoms with E-state index < -0.39 is 5.91 Å². The quantitative estimate of drug-likeness (QED) is 0.633. The van der Waals surface area contributed by atoms with Crippen LogP contribution in [0.25, 0.3) is 0 Å². The van der Waals surface area contributed by atoms with Gasteiger partial charge in [-0.15, -0.1) is 12.4 Å². The van der Waals surface area contributed by atoms with Crippen molar-refractivity contribution in [2.24, 2.45) is 11.5 Å². The Morgan fingerprint density at radius 1 is 1.26 bits per heavy atom. The van der Waals surface area contributed by atoms with E-state index in [-0.39, 0.29) is 36.9 Å². The lowest BCUT2D eigenvalue weighted by atomic mass is 9.94. The third-order valence-electron chi connectivity index (χ3n) is 3.76. The molecule has 6 nitrogen and oxygen atoms in total. The van der Waals surface area contributed by atoms with Crippen molar-refractivity contribution in [3.8, 4) is 5.75 Å². The van der Waals surface area contributed by atoms with Gasteiger partial charge >= 0.3 is 0 Å². The van der Waals surface area contributed by atoms with E-state index in [0.717, 1.165) is 12.8 Å². The Balaban J connectivity index is 0.00000484. The first-order chi connectivity index (χ1) is 10.4. The number of carbonyl (C=O) groups excluding carboxylic acids is 2. The van der Waals surface area contributed by atoms with Gasteiger partial charge < -0.3 is 21.5 Å². The fourth-order valence-electron chi connectivity index (χ4n) is 1.86. The molecule has 5 N–H and O–H groups in total. The van der Waals surface area contributed by atoms with Crippen molar-refractivity contribution in [1.29, 1.82) is 0 Å². The summed E-state index contributed by atoms with van der Waals surface area (Å²) in [5.74, 6) is -0.108. The Kier molecular flexibility index (Phi) is 9.29. The van der Waals surface area contributed by atoms with E-state index in [9.17, 15) is 9.59 Å². The molecule has 0 unspecified atom stereocenters. The topological polar surface area (TPSA) is 107 Å². The summed E-state index contributed by atoms with van der Waals surface area (Å²) in [5, 5.41) is 2.82. The molecule has 1 aromatic carbocycles. The Labute approximate surface area is 143 Å². The van der Waals surface area contributed by atoms with Crippen LogP contribution in [0.5, 0.6) is 5.75 Å². The van der Waals surface area contributed by atoms with Gasteiger partial charge in [-0.1, -0.05) is 19.9 Å². The Morgan fingerprint density at radius 2 is 1.91 bits per heavy atom. The number of hydrogen-bond donors (Lipinski definition) is 3. The predicted octanol–water partition coefficient (Wildman–Crippen LogP) is 1.61. The van der Waals surface area contributed by atoms with Crippen LogP contribution in [0.4, 0.5) is 0 Å². The number of hydrogen-bond acceptors (Lipinski definition) is 4. The van der Waals surface area contributed by atoms with Gasteiger partial charge in [0.15, 0.2) is 0 Å². The molecule has 23 heavy (non-hydrogen) atoms.